The highest BCUT2D eigenvalue weighted by molar-refractivity contribution is 6.05. The van der Waals surface area contributed by atoms with Crippen molar-refractivity contribution in [2.45, 2.75) is 6.04 Å². The maximum absolute atomic E-state index is 12.0. The normalized spacial score (nSPS) is 20.9. The molecule has 1 atom stereocenters. The van der Waals surface area contributed by atoms with Gasteiger partial charge >= 0.3 is 0 Å². The molecule has 2 aliphatic rings. The van der Waals surface area contributed by atoms with Crippen LogP contribution in [0.4, 0.5) is 0 Å². The van der Waals surface area contributed by atoms with E-state index in [1.54, 1.807) is 18.5 Å². The first-order valence-corrected chi connectivity index (χ1v) is 5.02. The van der Waals surface area contributed by atoms with Crippen LogP contribution in [0.25, 0.3) is 12.2 Å². The highest BCUT2D eigenvalue weighted by Crippen LogP contribution is 2.33. The van der Waals surface area contributed by atoms with Crippen LogP contribution in [0.5, 0.6) is 0 Å². The fourth-order valence-corrected chi connectivity index (χ4v) is 2.11. The maximum atomic E-state index is 12.0. The van der Waals surface area contributed by atoms with Crippen LogP contribution in [0.2, 0.25) is 0 Å². The van der Waals surface area contributed by atoms with E-state index in [0.717, 1.165) is 16.8 Å². The summed E-state index contributed by atoms with van der Waals surface area (Å²) in [6, 6.07) is 1.53. The first-order valence-electron chi connectivity index (χ1n) is 5.02. The molecule has 0 saturated carbocycles. The fraction of sp³-hybridized carbons (Fsp3) is 0.167. The van der Waals surface area contributed by atoms with E-state index in [9.17, 15) is 4.79 Å². The van der Waals surface area contributed by atoms with Crippen molar-refractivity contribution in [2.75, 3.05) is 7.11 Å². The first-order chi connectivity index (χ1) is 7.81. The molecule has 3 rings (SSSR count). The van der Waals surface area contributed by atoms with E-state index in [1.165, 1.54) is 7.11 Å². The van der Waals surface area contributed by atoms with E-state index >= 15 is 0 Å². The van der Waals surface area contributed by atoms with Crippen LogP contribution in [0.15, 0.2) is 24.2 Å². The Hall–Kier alpha value is -2.10. The van der Waals surface area contributed by atoms with Crippen LogP contribution in [-0.4, -0.2) is 17.9 Å². The van der Waals surface area contributed by atoms with Crippen LogP contribution in [-0.2, 0) is 9.53 Å². The molecule has 2 heterocycles. The number of methoxy groups -OCH3 is 1. The molecule has 1 aromatic rings. The van der Waals surface area contributed by atoms with E-state index in [0.29, 0.717) is 5.76 Å². The van der Waals surface area contributed by atoms with Crippen molar-refractivity contribution < 1.29 is 9.53 Å². The van der Waals surface area contributed by atoms with Gasteiger partial charge < -0.3 is 10.1 Å². The van der Waals surface area contributed by atoms with Gasteiger partial charge in [-0.3, -0.25) is 9.78 Å². The molecule has 1 aliphatic heterocycles. The second-order valence-electron chi connectivity index (χ2n) is 3.71. The molecular formula is C12H10N2O2. The zero-order valence-electron chi connectivity index (χ0n) is 8.73. The maximum Gasteiger partial charge on any atom is 0.224 e. The molecule has 0 aromatic carbocycles. The van der Waals surface area contributed by atoms with Crippen LogP contribution < -0.4 is 5.32 Å². The summed E-state index contributed by atoms with van der Waals surface area (Å²) in [5, 5.41) is 3.04. The Morgan fingerprint density at radius 1 is 1.50 bits per heavy atom. The molecule has 0 fully saturated rings. The van der Waals surface area contributed by atoms with Gasteiger partial charge in [0.2, 0.25) is 5.78 Å². The number of rotatable bonds is 1. The molecule has 0 spiro atoms. The molecule has 0 amide bonds. The second-order valence-corrected chi connectivity index (χ2v) is 3.71. The Morgan fingerprint density at radius 2 is 2.38 bits per heavy atom. The van der Waals surface area contributed by atoms with Crippen molar-refractivity contribution >= 4 is 17.9 Å². The lowest BCUT2D eigenvalue weighted by Gasteiger charge is -2.27. The van der Waals surface area contributed by atoms with Gasteiger partial charge in [0.15, 0.2) is 5.76 Å². The van der Waals surface area contributed by atoms with Gasteiger partial charge in [-0.1, -0.05) is 0 Å². The van der Waals surface area contributed by atoms with Gasteiger partial charge in [0.1, 0.15) is 6.04 Å². The van der Waals surface area contributed by atoms with E-state index in [2.05, 4.69) is 10.3 Å². The fourth-order valence-electron chi connectivity index (χ4n) is 2.11. The summed E-state index contributed by atoms with van der Waals surface area (Å²) in [4.78, 5) is 16.3. The lowest BCUT2D eigenvalue weighted by atomic mass is 9.88. The molecule has 4 nitrogen and oxygen atoms in total. The summed E-state index contributed by atoms with van der Waals surface area (Å²) < 4.78 is 5.08. The largest absolute Gasteiger partial charge is 0.493 e. The van der Waals surface area contributed by atoms with Crippen molar-refractivity contribution in [3.05, 3.63) is 41.0 Å². The Kier molecular flexibility index (Phi) is 1.83. The quantitative estimate of drug-likeness (QED) is 0.764. The smallest absolute Gasteiger partial charge is 0.224 e. The van der Waals surface area contributed by atoms with Gasteiger partial charge in [-0.25, -0.2) is 0 Å². The van der Waals surface area contributed by atoms with Crippen molar-refractivity contribution in [3.63, 3.8) is 0 Å². The van der Waals surface area contributed by atoms with Gasteiger partial charge in [-0.2, -0.15) is 0 Å². The average Bonchev–Trinajstić information content (AvgIpc) is 2.33. The molecule has 1 aromatic heterocycles. The van der Waals surface area contributed by atoms with Crippen LogP contribution in [0, 0.1) is 0 Å². The highest BCUT2D eigenvalue weighted by Gasteiger charge is 2.33. The van der Waals surface area contributed by atoms with Crippen molar-refractivity contribution in [1.29, 1.82) is 0 Å². The van der Waals surface area contributed by atoms with Gasteiger partial charge in [0, 0.05) is 11.8 Å². The second kappa shape index (κ2) is 3.20. The number of carbonyl (C=O) groups excluding carboxylic acids is 1. The van der Waals surface area contributed by atoms with E-state index in [1.807, 2.05) is 12.1 Å². The molecule has 0 bridgehead atoms. The topological polar surface area (TPSA) is 51.2 Å². The van der Waals surface area contributed by atoms with Gasteiger partial charge in [-0.05, 0) is 30.0 Å². The minimum atomic E-state index is -0.358. The van der Waals surface area contributed by atoms with Gasteiger partial charge in [0.25, 0.3) is 0 Å². The summed E-state index contributed by atoms with van der Waals surface area (Å²) in [7, 11) is 1.51. The van der Waals surface area contributed by atoms with Crippen LogP contribution in [0.1, 0.15) is 22.9 Å². The Balaban J connectivity index is 2.27. The summed E-state index contributed by atoms with van der Waals surface area (Å²) in [5.41, 5.74) is 2.78. The predicted octanol–water partition coefficient (Wildman–Crippen LogP) is 1.27. The average molecular weight is 214 g/mol. The summed E-state index contributed by atoms with van der Waals surface area (Å²) in [6.07, 6.45) is 7.12. The number of Topliss-reactive ketones (excluding diaryl/α,β-unsaturated/α-hetero) is 1. The molecule has 16 heavy (non-hydrogen) atoms. The molecule has 0 saturated heterocycles. The number of pyridine rings is 1. The van der Waals surface area contributed by atoms with Gasteiger partial charge in [-0.15, -0.1) is 0 Å². The Labute approximate surface area is 92.6 Å². The molecule has 80 valence electrons. The third-order valence-corrected chi connectivity index (χ3v) is 2.86. The lowest BCUT2D eigenvalue weighted by Crippen LogP contribution is -2.32. The molecule has 1 N–H and O–H groups in total. The summed E-state index contributed by atoms with van der Waals surface area (Å²) >= 11 is 0. The number of ether oxygens (including phenoxy) is 1. The van der Waals surface area contributed by atoms with Crippen LogP contribution in [0.3, 0.4) is 0 Å². The number of aromatic nitrogens is 1. The van der Waals surface area contributed by atoms with E-state index < -0.39 is 0 Å². The lowest BCUT2D eigenvalue weighted by molar-refractivity contribution is -0.120. The minimum absolute atomic E-state index is 0.0476. The number of nitrogens with zero attached hydrogens (tertiary/aromatic N) is 1. The Morgan fingerprint density at radius 3 is 3.19 bits per heavy atom. The van der Waals surface area contributed by atoms with E-state index in [-0.39, 0.29) is 11.8 Å². The molecule has 1 unspecified atom stereocenters. The molecule has 4 heteroatoms. The summed E-state index contributed by atoms with van der Waals surface area (Å²) in [5.74, 6) is 0.339. The zero-order chi connectivity index (χ0) is 11.1. The first kappa shape index (κ1) is 9.15. The van der Waals surface area contributed by atoms with Crippen molar-refractivity contribution in [3.8, 4) is 0 Å². The molecule has 0 radical (unpaired) electrons. The third kappa shape index (κ3) is 1.10. The van der Waals surface area contributed by atoms with Crippen molar-refractivity contribution in [2.24, 2.45) is 0 Å². The molecular weight excluding hydrogens is 204 g/mol. The minimum Gasteiger partial charge on any atom is -0.493 e. The zero-order valence-corrected chi connectivity index (χ0v) is 8.73. The molecule has 1 aliphatic carbocycles. The monoisotopic (exact) mass is 214 g/mol. The Bertz CT molecular complexity index is 532. The summed E-state index contributed by atoms with van der Waals surface area (Å²) in [6.45, 7) is 0. The highest BCUT2D eigenvalue weighted by atomic mass is 16.5. The van der Waals surface area contributed by atoms with Gasteiger partial charge in [0.05, 0.1) is 12.8 Å². The number of ketones is 1. The number of carbonyl (C=O) groups is 1. The van der Waals surface area contributed by atoms with Crippen LogP contribution >= 0.6 is 0 Å². The van der Waals surface area contributed by atoms with E-state index in [4.69, 9.17) is 4.74 Å². The van der Waals surface area contributed by atoms with Crippen molar-refractivity contribution in [1.82, 2.24) is 10.3 Å². The number of hydrogen-bond acceptors (Lipinski definition) is 4. The predicted molar refractivity (Wildman–Crippen MR) is 59.1 cm³/mol. The third-order valence-electron chi connectivity index (χ3n) is 2.86. The standard InChI is InChI=1S/C12H10N2O2/c1-16-9-6-7-2-4-13-8-3-5-14-11(10(7)8)12(9)15/h2-6,11,14H,1H3. The SMILES string of the molecule is COC1=Cc2ccnc3c2C(NC=C3)C1=O. The number of nitrogens with one attached hydrogen (secondary N) is 1. The number of hydrogen-bond donors (Lipinski definition) is 1.